The summed E-state index contributed by atoms with van der Waals surface area (Å²) >= 11 is 0. The molecule has 0 heterocycles. The van der Waals surface area contributed by atoms with Crippen LogP contribution in [0.5, 0.6) is 5.75 Å². The van der Waals surface area contributed by atoms with E-state index < -0.39 is 5.60 Å². The molecule has 1 fully saturated rings. The highest BCUT2D eigenvalue weighted by atomic mass is 16.5. The molecule has 0 bridgehead atoms. The van der Waals surface area contributed by atoms with Gasteiger partial charge in [0.1, 0.15) is 18.0 Å². The van der Waals surface area contributed by atoms with Crippen LogP contribution < -0.4 is 10.1 Å². The summed E-state index contributed by atoms with van der Waals surface area (Å²) in [6, 6.07) is 14.1. The lowest BCUT2D eigenvalue weighted by Crippen LogP contribution is -2.48. The van der Waals surface area contributed by atoms with Crippen LogP contribution in [-0.4, -0.2) is 18.1 Å². The van der Waals surface area contributed by atoms with Gasteiger partial charge >= 0.3 is 0 Å². The minimum absolute atomic E-state index is 0.0143. The number of hydrogen-bond acceptors (Lipinski definition) is 3. The van der Waals surface area contributed by atoms with E-state index in [0.29, 0.717) is 19.1 Å². The zero-order valence-corrected chi connectivity index (χ0v) is 18.8. The minimum atomic E-state index is -0.702. The monoisotopic (exact) mass is 409 g/mol. The molecule has 0 aromatic heterocycles. The Labute approximate surface area is 181 Å². The van der Waals surface area contributed by atoms with Crippen LogP contribution in [0.3, 0.4) is 0 Å². The molecule has 162 valence electrons. The first kappa shape index (κ1) is 22.4. The second-order valence-electron chi connectivity index (χ2n) is 8.69. The maximum Gasteiger partial charge on any atom is 0.256 e. The van der Waals surface area contributed by atoms with Crippen molar-refractivity contribution in [2.75, 3.05) is 11.9 Å². The van der Waals surface area contributed by atoms with Gasteiger partial charge in [-0.25, -0.2) is 0 Å². The number of ether oxygens (including phenoxy) is 2. The first-order valence-corrected chi connectivity index (χ1v) is 11.2. The van der Waals surface area contributed by atoms with Gasteiger partial charge in [0.2, 0.25) is 0 Å². The molecular formula is C26H35NO3. The summed E-state index contributed by atoms with van der Waals surface area (Å²) in [7, 11) is 0. The molecule has 0 saturated heterocycles. The molecule has 1 aliphatic carbocycles. The molecule has 0 radical (unpaired) electrons. The van der Waals surface area contributed by atoms with Gasteiger partial charge in [-0.2, -0.15) is 0 Å². The molecule has 0 unspecified atom stereocenters. The second-order valence-corrected chi connectivity index (χ2v) is 8.69. The van der Waals surface area contributed by atoms with Crippen LogP contribution in [-0.2, 0) is 16.1 Å². The lowest BCUT2D eigenvalue weighted by Gasteiger charge is -2.38. The predicted octanol–water partition coefficient (Wildman–Crippen LogP) is 6.20. The van der Waals surface area contributed by atoms with E-state index in [1.54, 1.807) is 0 Å². The highest BCUT2D eigenvalue weighted by Gasteiger charge is 2.42. The van der Waals surface area contributed by atoms with E-state index >= 15 is 0 Å². The highest BCUT2D eigenvalue weighted by Crippen LogP contribution is 2.36. The van der Waals surface area contributed by atoms with Gasteiger partial charge in [-0.15, -0.1) is 0 Å². The van der Waals surface area contributed by atoms with E-state index in [2.05, 4.69) is 31.3 Å². The Hall–Kier alpha value is -2.33. The molecule has 1 amide bonds. The van der Waals surface area contributed by atoms with Gasteiger partial charge in [-0.05, 0) is 80.7 Å². The van der Waals surface area contributed by atoms with Gasteiger partial charge in [0, 0.05) is 12.3 Å². The quantitative estimate of drug-likeness (QED) is 0.565. The van der Waals surface area contributed by atoms with Gasteiger partial charge in [0.05, 0.1) is 0 Å². The summed E-state index contributed by atoms with van der Waals surface area (Å²) < 4.78 is 12.2. The Bertz CT molecular complexity index is 810. The summed E-state index contributed by atoms with van der Waals surface area (Å²) in [6.07, 6.45) is 4.55. The standard InChI is InChI=1S/C26H35NO3/c1-5-15-30-26(13-11-19(2)12-14-26)25(28)27-23-16-20(3)24(21(4)17-23)29-18-22-9-7-6-8-10-22/h6-10,16-17,19H,5,11-15,18H2,1-4H3,(H,27,28). The van der Waals surface area contributed by atoms with Crippen LogP contribution in [0.15, 0.2) is 42.5 Å². The Balaban J connectivity index is 1.71. The largest absolute Gasteiger partial charge is 0.488 e. The molecule has 1 aliphatic rings. The van der Waals surface area contributed by atoms with Crippen molar-refractivity contribution in [3.05, 3.63) is 59.2 Å². The average Bonchev–Trinajstić information content (AvgIpc) is 2.73. The number of hydrogen-bond donors (Lipinski definition) is 1. The van der Waals surface area contributed by atoms with Crippen LogP contribution in [0.4, 0.5) is 5.69 Å². The molecule has 30 heavy (non-hydrogen) atoms. The van der Waals surface area contributed by atoms with Crippen LogP contribution in [0, 0.1) is 19.8 Å². The third kappa shape index (κ3) is 5.42. The van der Waals surface area contributed by atoms with Crippen LogP contribution >= 0.6 is 0 Å². The molecule has 0 aliphatic heterocycles. The van der Waals surface area contributed by atoms with Crippen molar-refractivity contribution in [3.63, 3.8) is 0 Å². The summed E-state index contributed by atoms with van der Waals surface area (Å²) in [6.45, 7) is 9.52. The van der Waals surface area contributed by atoms with E-state index in [0.717, 1.165) is 60.2 Å². The molecule has 1 N–H and O–H groups in total. The summed E-state index contributed by atoms with van der Waals surface area (Å²) in [5.74, 6) is 1.52. The Morgan fingerprint density at radius 3 is 2.33 bits per heavy atom. The van der Waals surface area contributed by atoms with Crippen molar-refractivity contribution in [1.29, 1.82) is 0 Å². The van der Waals surface area contributed by atoms with E-state index in [1.807, 2.05) is 44.2 Å². The molecule has 2 aromatic carbocycles. The fourth-order valence-electron chi connectivity index (χ4n) is 4.19. The van der Waals surface area contributed by atoms with Gasteiger partial charge in [0.15, 0.2) is 0 Å². The average molecular weight is 410 g/mol. The molecule has 0 atom stereocenters. The first-order valence-electron chi connectivity index (χ1n) is 11.2. The molecule has 4 heteroatoms. The van der Waals surface area contributed by atoms with Crippen molar-refractivity contribution < 1.29 is 14.3 Å². The summed E-state index contributed by atoms with van der Waals surface area (Å²) in [5, 5.41) is 3.14. The van der Waals surface area contributed by atoms with Gasteiger partial charge in [-0.1, -0.05) is 44.2 Å². The first-order chi connectivity index (χ1) is 14.4. The van der Waals surface area contributed by atoms with Gasteiger partial charge in [0.25, 0.3) is 5.91 Å². The zero-order valence-electron chi connectivity index (χ0n) is 18.8. The van der Waals surface area contributed by atoms with Crippen LogP contribution in [0.1, 0.15) is 62.6 Å². The van der Waals surface area contributed by atoms with Crippen molar-refractivity contribution in [1.82, 2.24) is 0 Å². The van der Waals surface area contributed by atoms with Crippen LogP contribution in [0.2, 0.25) is 0 Å². The summed E-state index contributed by atoms with van der Waals surface area (Å²) in [5.41, 5.74) is 3.27. The number of anilines is 1. The number of nitrogens with one attached hydrogen (secondary N) is 1. The van der Waals surface area contributed by atoms with Crippen molar-refractivity contribution >= 4 is 11.6 Å². The lowest BCUT2D eigenvalue weighted by molar-refractivity contribution is -0.147. The minimum Gasteiger partial charge on any atom is -0.488 e. The number of aryl methyl sites for hydroxylation is 2. The third-order valence-corrected chi connectivity index (χ3v) is 6.02. The molecule has 0 spiro atoms. The lowest BCUT2D eigenvalue weighted by atomic mass is 9.78. The van der Waals surface area contributed by atoms with E-state index in [-0.39, 0.29) is 5.91 Å². The van der Waals surface area contributed by atoms with Gasteiger partial charge in [-0.3, -0.25) is 4.79 Å². The van der Waals surface area contributed by atoms with Crippen molar-refractivity contribution in [3.8, 4) is 5.75 Å². The summed E-state index contributed by atoms with van der Waals surface area (Å²) in [4.78, 5) is 13.3. The molecular weight excluding hydrogens is 374 g/mol. The van der Waals surface area contributed by atoms with Crippen molar-refractivity contribution in [2.45, 2.75) is 72.0 Å². The normalized spacial score (nSPS) is 21.3. The molecule has 2 aromatic rings. The SMILES string of the molecule is CCCOC1(C(=O)Nc2cc(C)c(OCc3ccccc3)c(C)c2)CCC(C)CC1. The smallest absolute Gasteiger partial charge is 0.256 e. The molecule has 4 nitrogen and oxygen atoms in total. The fourth-order valence-corrected chi connectivity index (χ4v) is 4.19. The number of carbonyl (C=O) groups is 1. The molecule has 1 saturated carbocycles. The van der Waals surface area contributed by atoms with Crippen LogP contribution in [0.25, 0.3) is 0 Å². The van der Waals surface area contributed by atoms with E-state index in [1.165, 1.54) is 0 Å². The molecule has 3 rings (SSSR count). The van der Waals surface area contributed by atoms with E-state index in [4.69, 9.17) is 9.47 Å². The van der Waals surface area contributed by atoms with E-state index in [9.17, 15) is 4.79 Å². The maximum absolute atomic E-state index is 13.3. The van der Waals surface area contributed by atoms with Gasteiger partial charge < -0.3 is 14.8 Å². The van der Waals surface area contributed by atoms with Crippen molar-refractivity contribution in [2.24, 2.45) is 5.92 Å². The number of carbonyl (C=O) groups excluding carboxylic acids is 1. The zero-order chi connectivity index (χ0) is 21.6. The topological polar surface area (TPSA) is 47.6 Å². The fraction of sp³-hybridized carbons (Fsp3) is 0.500. The maximum atomic E-state index is 13.3. The number of amides is 1. The predicted molar refractivity (Wildman–Crippen MR) is 122 cm³/mol. The third-order valence-electron chi connectivity index (χ3n) is 6.02. The highest BCUT2D eigenvalue weighted by molar-refractivity contribution is 5.97. The number of rotatable bonds is 8. The number of benzene rings is 2. The Kier molecular flexibility index (Phi) is 7.54. The Morgan fingerprint density at radius 1 is 1.10 bits per heavy atom. The Morgan fingerprint density at radius 2 is 1.73 bits per heavy atom. The second kappa shape index (κ2) is 10.1.